The monoisotopic (exact) mass is 691 g/mol. The van der Waals surface area contributed by atoms with Crippen LogP contribution in [0, 0.1) is 0 Å². The Kier molecular flexibility index (Phi) is 13.2. The van der Waals surface area contributed by atoms with Gasteiger partial charge in [0.1, 0.15) is 91.5 Å². The molecule has 13 N–H and O–H groups in total. The molecule has 0 aromatic heterocycles. The number of carbonyl (C=O) groups excluding carboxylic acids is 1. The SMILES string of the molecule is CC(=O)N[C@H]1[C@H](O[C@@H]2[C@@H](O[C@@H]3[C@H](O)[C@H](O)O[C@H](CO[C@H]4O[C@H](C)[C@@H](O)[C@H](O)[C@@H]4O)[C@H]3O)O[C@H](CO)[C@@H](O)[C@@H]2O)O[C@H](CO)[C@@H](O)[C@@H]1O. The molecule has 21 heteroatoms. The van der Waals surface area contributed by atoms with Crippen molar-refractivity contribution in [2.45, 2.75) is 137 Å². The first-order valence-electron chi connectivity index (χ1n) is 14.9. The number of nitrogens with one attached hydrogen (secondary N) is 1. The van der Waals surface area contributed by atoms with Crippen LogP contribution in [0.4, 0.5) is 0 Å². The van der Waals surface area contributed by atoms with Crippen LogP contribution in [0.15, 0.2) is 0 Å². The number of aliphatic hydroxyl groups excluding tert-OH is 12. The van der Waals surface area contributed by atoms with Crippen molar-refractivity contribution in [2.75, 3.05) is 19.8 Å². The van der Waals surface area contributed by atoms with Gasteiger partial charge in [-0.2, -0.15) is 0 Å². The van der Waals surface area contributed by atoms with Gasteiger partial charge in [-0.25, -0.2) is 0 Å². The largest absolute Gasteiger partial charge is 0.394 e. The standard InChI is InChI=1S/C26H45NO20/c1-6-12(31)17(36)19(38)25(42-6)41-5-10-15(34)21(20(39)23(40)43-10)46-26-22(18(37)14(33)9(4-29)45-26)47-24-11(27-7(2)30)16(35)13(32)8(3-28)44-24/h6,8-26,28-29,31-40H,3-5H2,1-2H3,(H,27,30)/t6-,8-,9-,10-,11-,12-,13-,14-,15-,16-,17+,18+,19+,20+,21+,22+,23-,24+,25+,26-/m1/s1. The third-order valence-electron chi connectivity index (χ3n) is 8.55. The van der Waals surface area contributed by atoms with Crippen LogP contribution in [0.3, 0.4) is 0 Å². The maximum atomic E-state index is 11.9. The third kappa shape index (κ3) is 8.20. The molecular weight excluding hydrogens is 646 g/mol. The van der Waals surface area contributed by atoms with Crippen molar-refractivity contribution in [3.63, 3.8) is 0 Å². The van der Waals surface area contributed by atoms with Crippen molar-refractivity contribution in [2.24, 2.45) is 0 Å². The molecule has 1 amide bonds. The van der Waals surface area contributed by atoms with Gasteiger partial charge in [-0.3, -0.25) is 4.79 Å². The van der Waals surface area contributed by atoms with Gasteiger partial charge in [0.15, 0.2) is 25.2 Å². The Hall–Kier alpha value is -1.29. The van der Waals surface area contributed by atoms with Gasteiger partial charge in [0.05, 0.1) is 25.9 Å². The molecule has 274 valence electrons. The average molecular weight is 692 g/mol. The summed E-state index contributed by atoms with van der Waals surface area (Å²) in [7, 11) is 0. The van der Waals surface area contributed by atoms with E-state index in [1.165, 1.54) is 6.92 Å². The lowest BCUT2D eigenvalue weighted by atomic mass is 9.95. The summed E-state index contributed by atoms with van der Waals surface area (Å²) in [4.78, 5) is 11.9. The molecule has 21 nitrogen and oxygen atoms in total. The van der Waals surface area contributed by atoms with Gasteiger partial charge in [0.2, 0.25) is 5.91 Å². The van der Waals surface area contributed by atoms with E-state index in [2.05, 4.69) is 5.32 Å². The van der Waals surface area contributed by atoms with Gasteiger partial charge in [-0.1, -0.05) is 0 Å². The summed E-state index contributed by atoms with van der Waals surface area (Å²) in [6.07, 6.45) is -32.1. The molecule has 4 heterocycles. The van der Waals surface area contributed by atoms with Gasteiger partial charge in [-0.05, 0) is 6.92 Å². The molecule has 4 fully saturated rings. The minimum Gasteiger partial charge on any atom is -0.394 e. The summed E-state index contributed by atoms with van der Waals surface area (Å²) in [5.41, 5.74) is 0. The van der Waals surface area contributed by atoms with E-state index in [1.54, 1.807) is 0 Å². The number of carbonyl (C=O) groups is 1. The Bertz CT molecular complexity index is 1010. The third-order valence-corrected chi connectivity index (χ3v) is 8.55. The Balaban J connectivity index is 1.54. The summed E-state index contributed by atoms with van der Waals surface area (Å²) in [5.74, 6) is -0.698. The Labute approximate surface area is 267 Å². The van der Waals surface area contributed by atoms with Crippen molar-refractivity contribution in [3.8, 4) is 0 Å². The molecule has 4 rings (SSSR count). The Morgan fingerprint density at radius 2 is 1.17 bits per heavy atom. The first-order chi connectivity index (χ1) is 22.1. The second-order valence-electron chi connectivity index (χ2n) is 11.9. The van der Waals surface area contributed by atoms with Crippen LogP contribution in [0.1, 0.15) is 13.8 Å². The van der Waals surface area contributed by atoms with Crippen molar-refractivity contribution in [1.29, 1.82) is 0 Å². The summed E-state index contributed by atoms with van der Waals surface area (Å²) < 4.78 is 38.6. The van der Waals surface area contributed by atoms with E-state index in [9.17, 15) is 66.1 Å². The minimum absolute atomic E-state index is 0.634. The molecule has 0 bridgehead atoms. The first kappa shape index (κ1) is 38.5. The van der Waals surface area contributed by atoms with E-state index in [0.29, 0.717) is 0 Å². The molecule has 0 radical (unpaired) electrons. The molecule has 4 aliphatic rings. The average Bonchev–Trinajstić information content (AvgIpc) is 3.03. The first-order valence-corrected chi connectivity index (χ1v) is 14.9. The zero-order valence-electron chi connectivity index (χ0n) is 25.3. The van der Waals surface area contributed by atoms with Crippen molar-refractivity contribution >= 4 is 5.91 Å². The van der Waals surface area contributed by atoms with E-state index in [-0.39, 0.29) is 0 Å². The Morgan fingerprint density at radius 1 is 0.596 bits per heavy atom. The summed E-state index contributed by atoms with van der Waals surface area (Å²) in [5, 5.41) is 127. The van der Waals surface area contributed by atoms with E-state index in [0.717, 1.165) is 6.92 Å². The molecule has 0 aliphatic carbocycles. The second kappa shape index (κ2) is 16.2. The molecule has 20 atom stereocenters. The highest BCUT2D eigenvalue weighted by molar-refractivity contribution is 5.73. The quantitative estimate of drug-likeness (QED) is 0.101. The molecule has 47 heavy (non-hydrogen) atoms. The van der Waals surface area contributed by atoms with Crippen LogP contribution < -0.4 is 5.32 Å². The fourth-order valence-corrected chi connectivity index (χ4v) is 5.76. The van der Waals surface area contributed by atoms with Crippen LogP contribution in [-0.2, 0) is 38.0 Å². The fraction of sp³-hybridized carbons (Fsp3) is 0.962. The number of ether oxygens (including phenoxy) is 7. The lowest BCUT2D eigenvalue weighted by Crippen LogP contribution is -2.68. The molecule has 0 unspecified atom stereocenters. The number of rotatable bonds is 10. The summed E-state index contributed by atoms with van der Waals surface area (Å²) >= 11 is 0. The van der Waals surface area contributed by atoms with Crippen LogP contribution in [-0.4, -0.2) is 210 Å². The number of hydrogen-bond acceptors (Lipinski definition) is 20. The predicted octanol–water partition coefficient (Wildman–Crippen LogP) is -8.58. The van der Waals surface area contributed by atoms with E-state index < -0.39 is 148 Å². The molecule has 0 aromatic carbocycles. The lowest BCUT2D eigenvalue weighted by Gasteiger charge is -2.49. The van der Waals surface area contributed by atoms with E-state index >= 15 is 0 Å². The van der Waals surface area contributed by atoms with Crippen LogP contribution in [0.2, 0.25) is 0 Å². The number of aliphatic hydroxyl groups is 12. The van der Waals surface area contributed by atoms with Crippen LogP contribution in [0.25, 0.3) is 0 Å². The normalized spacial score (nSPS) is 51.0. The smallest absolute Gasteiger partial charge is 0.217 e. The zero-order chi connectivity index (χ0) is 34.9. The second-order valence-corrected chi connectivity index (χ2v) is 11.9. The molecule has 0 spiro atoms. The van der Waals surface area contributed by atoms with Crippen molar-refractivity contribution < 1.29 is 99.2 Å². The molecule has 0 saturated carbocycles. The van der Waals surface area contributed by atoms with Crippen molar-refractivity contribution in [3.05, 3.63) is 0 Å². The molecule has 0 aromatic rings. The van der Waals surface area contributed by atoms with Gasteiger partial charge in [0.25, 0.3) is 0 Å². The van der Waals surface area contributed by atoms with Gasteiger partial charge in [0, 0.05) is 6.92 Å². The maximum Gasteiger partial charge on any atom is 0.217 e. The van der Waals surface area contributed by atoms with E-state index in [1.807, 2.05) is 0 Å². The minimum atomic E-state index is -2.03. The lowest BCUT2D eigenvalue weighted by molar-refractivity contribution is -0.382. The highest BCUT2D eigenvalue weighted by Gasteiger charge is 2.54. The highest BCUT2D eigenvalue weighted by Crippen LogP contribution is 2.33. The van der Waals surface area contributed by atoms with Crippen LogP contribution in [0.5, 0.6) is 0 Å². The van der Waals surface area contributed by atoms with Gasteiger partial charge in [-0.15, -0.1) is 0 Å². The van der Waals surface area contributed by atoms with Crippen molar-refractivity contribution in [1.82, 2.24) is 5.32 Å². The zero-order valence-corrected chi connectivity index (χ0v) is 25.3. The van der Waals surface area contributed by atoms with Gasteiger partial charge >= 0.3 is 0 Å². The topological polar surface area (TPSA) is 336 Å². The fourth-order valence-electron chi connectivity index (χ4n) is 5.76. The van der Waals surface area contributed by atoms with Crippen LogP contribution >= 0.6 is 0 Å². The molecule has 4 saturated heterocycles. The maximum absolute atomic E-state index is 11.9. The predicted molar refractivity (Wildman–Crippen MR) is 144 cm³/mol. The van der Waals surface area contributed by atoms with Gasteiger partial charge < -0.3 is 99.8 Å². The molecular formula is C26H45NO20. The highest BCUT2D eigenvalue weighted by atomic mass is 16.8. The Morgan fingerprint density at radius 3 is 1.77 bits per heavy atom. The molecule has 4 aliphatic heterocycles. The number of hydrogen-bond donors (Lipinski definition) is 13. The number of amides is 1. The van der Waals surface area contributed by atoms with E-state index in [4.69, 9.17) is 33.2 Å². The summed E-state index contributed by atoms with van der Waals surface area (Å²) in [6, 6.07) is -1.51. The summed E-state index contributed by atoms with van der Waals surface area (Å²) in [6.45, 7) is 0.180.